The van der Waals surface area contributed by atoms with Gasteiger partial charge in [-0.05, 0) is 30.3 Å². The number of halogens is 3. The molecule has 28 heavy (non-hydrogen) atoms. The Bertz CT molecular complexity index is 1060. The van der Waals surface area contributed by atoms with Crippen LogP contribution in [-0.2, 0) is 11.3 Å². The average molecular weight is 389 g/mol. The van der Waals surface area contributed by atoms with E-state index in [9.17, 15) is 22.8 Å². The summed E-state index contributed by atoms with van der Waals surface area (Å²) >= 11 is 0. The Hall–Kier alpha value is -3.62. The maximum atomic E-state index is 13.2. The molecule has 0 aliphatic heterocycles. The van der Waals surface area contributed by atoms with Crippen LogP contribution < -0.4 is 15.6 Å². The van der Waals surface area contributed by atoms with Gasteiger partial charge < -0.3 is 10.1 Å². The van der Waals surface area contributed by atoms with Crippen molar-refractivity contribution in [2.75, 3.05) is 12.4 Å². The zero-order valence-electron chi connectivity index (χ0n) is 14.6. The van der Waals surface area contributed by atoms with E-state index >= 15 is 0 Å². The van der Waals surface area contributed by atoms with Crippen LogP contribution in [0.4, 0.5) is 18.9 Å². The summed E-state index contributed by atoms with van der Waals surface area (Å²) in [5, 5.41) is 6.32. The van der Waals surface area contributed by atoms with Crippen molar-refractivity contribution in [2.45, 2.75) is 6.54 Å². The molecule has 0 radical (unpaired) electrons. The highest BCUT2D eigenvalue weighted by atomic mass is 19.2. The van der Waals surface area contributed by atoms with Crippen LogP contribution in [0.15, 0.2) is 53.3 Å². The minimum Gasteiger partial charge on any atom is -0.497 e. The minimum absolute atomic E-state index is 0.277. The molecule has 0 aliphatic carbocycles. The van der Waals surface area contributed by atoms with Crippen molar-refractivity contribution < 1.29 is 22.7 Å². The molecular weight excluding hydrogens is 375 g/mol. The standard InChI is InChI=1S/C19H14F3N3O3/c1-28-13-4-2-11(3-5-13)16-6-7-18(27)25(24-16)10-17(26)23-12-8-14(20)19(22)15(21)9-12/h2-9H,10H2,1H3,(H,23,26). The normalized spacial score (nSPS) is 10.6. The van der Waals surface area contributed by atoms with E-state index < -0.39 is 35.5 Å². The summed E-state index contributed by atoms with van der Waals surface area (Å²) in [4.78, 5) is 24.1. The van der Waals surface area contributed by atoms with Gasteiger partial charge in [-0.15, -0.1) is 0 Å². The Morgan fingerprint density at radius 1 is 1.07 bits per heavy atom. The number of methoxy groups -OCH3 is 1. The predicted molar refractivity (Wildman–Crippen MR) is 95.4 cm³/mol. The van der Waals surface area contributed by atoms with Gasteiger partial charge in [0, 0.05) is 29.4 Å². The second kappa shape index (κ2) is 7.95. The maximum absolute atomic E-state index is 13.2. The quantitative estimate of drug-likeness (QED) is 0.681. The molecule has 2 aromatic carbocycles. The Morgan fingerprint density at radius 2 is 1.71 bits per heavy atom. The number of aromatic nitrogens is 2. The number of nitrogens with zero attached hydrogens (tertiary/aromatic N) is 2. The first-order chi connectivity index (χ1) is 13.4. The van der Waals surface area contributed by atoms with Crippen LogP contribution in [0, 0.1) is 17.5 Å². The highest BCUT2D eigenvalue weighted by molar-refractivity contribution is 5.90. The van der Waals surface area contributed by atoms with E-state index in [4.69, 9.17) is 4.74 Å². The molecule has 9 heteroatoms. The van der Waals surface area contributed by atoms with E-state index in [1.807, 2.05) is 0 Å². The molecule has 0 saturated carbocycles. The van der Waals surface area contributed by atoms with Crippen LogP contribution in [0.2, 0.25) is 0 Å². The van der Waals surface area contributed by atoms with Gasteiger partial charge in [-0.2, -0.15) is 5.10 Å². The van der Waals surface area contributed by atoms with E-state index in [1.165, 1.54) is 19.2 Å². The number of ether oxygens (including phenoxy) is 1. The number of carbonyl (C=O) groups excluding carboxylic acids is 1. The molecular formula is C19H14F3N3O3. The first-order valence-electron chi connectivity index (χ1n) is 8.04. The highest BCUT2D eigenvalue weighted by Crippen LogP contribution is 2.20. The first-order valence-corrected chi connectivity index (χ1v) is 8.04. The van der Waals surface area contributed by atoms with Crippen molar-refractivity contribution in [3.8, 4) is 17.0 Å². The number of rotatable bonds is 5. The Balaban J connectivity index is 1.79. The van der Waals surface area contributed by atoms with Crippen LogP contribution in [0.3, 0.4) is 0 Å². The molecule has 0 saturated heterocycles. The molecule has 0 unspecified atom stereocenters. The number of amides is 1. The molecule has 6 nitrogen and oxygen atoms in total. The lowest BCUT2D eigenvalue weighted by molar-refractivity contribution is -0.117. The lowest BCUT2D eigenvalue weighted by atomic mass is 10.1. The first kappa shape index (κ1) is 19.2. The molecule has 0 bridgehead atoms. The van der Waals surface area contributed by atoms with Crippen molar-refractivity contribution in [3.63, 3.8) is 0 Å². The van der Waals surface area contributed by atoms with Crippen molar-refractivity contribution in [1.82, 2.24) is 9.78 Å². The molecule has 3 aromatic rings. The summed E-state index contributed by atoms with van der Waals surface area (Å²) in [6.07, 6.45) is 0. The van der Waals surface area contributed by atoms with Crippen molar-refractivity contribution in [2.24, 2.45) is 0 Å². The predicted octanol–water partition coefficient (Wildman–Crippen LogP) is 2.97. The SMILES string of the molecule is COc1ccc(-c2ccc(=O)n(CC(=O)Nc3cc(F)c(F)c(F)c3)n2)cc1. The molecule has 3 rings (SSSR count). The number of hydrogen-bond donors (Lipinski definition) is 1. The Morgan fingerprint density at radius 3 is 2.32 bits per heavy atom. The van der Waals surface area contributed by atoms with E-state index in [0.29, 0.717) is 29.1 Å². The fourth-order valence-electron chi connectivity index (χ4n) is 2.44. The van der Waals surface area contributed by atoms with Crippen molar-refractivity contribution >= 4 is 11.6 Å². The van der Waals surface area contributed by atoms with E-state index in [-0.39, 0.29) is 5.69 Å². The molecule has 1 N–H and O–H groups in total. The van der Waals surface area contributed by atoms with Crippen molar-refractivity contribution in [1.29, 1.82) is 0 Å². The summed E-state index contributed by atoms with van der Waals surface area (Å²) in [5.74, 6) is -4.62. The molecule has 1 aromatic heterocycles. The molecule has 0 spiro atoms. The van der Waals surface area contributed by atoms with Crippen LogP contribution in [-0.4, -0.2) is 22.8 Å². The van der Waals surface area contributed by atoms with Gasteiger partial charge in [0.15, 0.2) is 17.5 Å². The number of benzene rings is 2. The fourth-order valence-corrected chi connectivity index (χ4v) is 2.44. The number of nitrogens with one attached hydrogen (secondary N) is 1. The third-order valence-corrected chi connectivity index (χ3v) is 3.81. The zero-order valence-corrected chi connectivity index (χ0v) is 14.6. The Kier molecular flexibility index (Phi) is 5.44. The molecule has 0 atom stereocenters. The molecule has 144 valence electrons. The molecule has 0 fully saturated rings. The van der Waals surface area contributed by atoms with E-state index in [2.05, 4.69) is 10.4 Å². The number of carbonyl (C=O) groups is 1. The lowest BCUT2D eigenvalue weighted by Crippen LogP contribution is -2.29. The average Bonchev–Trinajstić information content (AvgIpc) is 2.68. The maximum Gasteiger partial charge on any atom is 0.267 e. The summed E-state index contributed by atoms with van der Waals surface area (Å²) in [6, 6.07) is 10.9. The lowest BCUT2D eigenvalue weighted by Gasteiger charge is -2.09. The summed E-state index contributed by atoms with van der Waals surface area (Å²) < 4.78 is 45.4. The third kappa shape index (κ3) is 4.20. The minimum atomic E-state index is -1.64. The molecule has 0 aliphatic rings. The Labute approximate surface area is 157 Å². The smallest absolute Gasteiger partial charge is 0.267 e. The van der Waals surface area contributed by atoms with Crippen LogP contribution in [0.25, 0.3) is 11.3 Å². The number of anilines is 1. The van der Waals surface area contributed by atoms with Crippen molar-refractivity contribution in [3.05, 3.63) is 76.3 Å². The fraction of sp³-hybridized carbons (Fsp3) is 0.105. The van der Waals surface area contributed by atoms with Gasteiger partial charge in [0.25, 0.3) is 5.56 Å². The summed E-state index contributed by atoms with van der Waals surface area (Å²) in [5.41, 5.74) is 0.316. The van der Waals surface area contributed by atoms with Gasteiger partial charge >= 0.3 is 0 Å². The summed E-state index contributed by atoms with van der Waals surface area (Å²) in [7, 11) is 1.53. The zero-order chi connectivity index (χ0) is 20.3. The van der Waals surface area contributed by atoms with Gasteiger partial charge in [-0.1, -0.05) is 0 Å². The van der Waals surface area contributed by atoms with Gasteiger partial charge in [0.05, 0.1) is 12.8 Å². The van der Waals surface area contributed by atoms with Crippen LogP contribution >= 0.6 is 0 Å². The largest absolute Gasteiger partial charge is 0.497 e. The summed E-state index contributed by atoms with van der Waals surface area (Å²) in [6.45, 7) is -0.497. The monoisotopic (exact) mass is 389 g/mol. The van der Waals surface area contributed by atoms with Gasteiger partial charge in [0.1, 0.15) is 12.3 Å². The third-order valence-electron chi connectivity index (χ3n) is 3.81. The molecule has 1 heterocycles. The number of hydrogen-bond acceptors (Lipinski definition) is 4. The van der Waals surface area contributed by atoms with Crippen LogP contribution in [0.1, 0.15) is 0 Å². The topological polar surface area (TPSA) is 73.2 Å². The van der Waals surface area contributed by atoms with Gasteiger partial charge in [-0.25, -0.2) is 17.9 Å². The van der Waals surface area contributed by atoms with Gasteiger partial charge in [0.2, 0.25) is 5.91 Å². The van der Waals surface area contributed by atoms with E-state index in [1.54, 1.807) is 24.3 Å². The second-order valence-electron chi connectivity index (χ2n) is 5.75. The van der Waals surface area contributed by atoms with Gasteiger partial charge in [-0.3, -0.25) is 9.59 Å². The molecule has 1 amide bonds. The second-order valence-corrected chi connectivity index (χ2v) is 5.75. The highest BCUT2D eigenvalue weighted by Gasteiger charge is 2.13. The van der Waals surface area contributed by atoms with Crippen LogP contribution in [0.5, 0.6) is 5.75 Å². The van der Waals surface area contributed by atoms with E-state index in [0.717, 1.165) is 4.68 Å².